The van der Waals surface area contributed by atoms with Gasteiger partial charge in [0.2, 0.25) is 0 Å². The topological polar surface area (TPSA) is 212 Å². The Kier molecular flexibility index (Phi) is 20.5. The summed E-state index contributed by atoms with van der Waals surface area (Å²) in [4.78, 5) is 35.6. The second kappa shape index (κ2) is 19.1. The van der Waals surface area contributed by atoms with Gasteiger partial charge < -0.3 is 46.4 Å². The van der Waals surface area contributed by atoms with Gasteiger partial charge in [-0.15, -0.1) is 0 Å². The monoisotopic (exact) mass is 553 g/mol. The fourth-order valence-corrected chi connectivity index (χ4v) is 2.18. The fourth-order valence-electron chi connectivity index (χ4n) is 2.18. The van der Waals surface area contributed by atoms with E-state index in [-0.39, 0.29) is 17.1 Å². The Morgan fingerprint density at radius 1 is 0.886 bits per heavy atom. The van der Waals surface area contributed by atoms with Crippen LogP contribution in [0.2, 0.25) is 0 Å². The van der Waals surface area contributed by atoms with E-state index in [1.807, 2.05) is 0 Å². The Hall–Kier alpha value is -2.08. The molecule has 0 unspecified atom stereocenters. The van der Waals surface area contributed by atoms with Crippen molar-refractivity contribution in [3.63, 3.8) is 0 Å². The molecule has 2 atom stereocenters. The van der Waals surface area contributed by atoms with Crippen molar-refractivity contribution in [2.24, 2.45) is 16.5 Å². The minimum atomic E-state index is -1.26. The van der Waals surface area contributed by atoms with E-state index in [0.717, 1.165) is 0 Å². The number of amides is 1. The van der Waals surface area contributed by atoms with Crippen LogP contribution in [0.25, 0.3) is 0 Å². The molecule has 209 valence electrons. The third-order valence-corrected chi connectivity index (χ3v) is 3.79. The first-order valence-corrected chi connectivity index (χ1v) is 11.3. The molecule has 1 amide bonds. The first-order chi connectivity index (χ1) is 15.4. The molecule has 0 rings (SSSR count). The molecule has 0 bridgehead atoms. The number of carboxylic acids is 2. The van der Waals surface area contributed by atoms with E-state index < -0.39 is 47.4 Å². The van der Waals surface area contributed by atoms with E-state index in [9.17, 15) is 24.6 Å². The average Bonchev–Trinajstić information content (AvgIpc) is 2.64. The van der Waals surface area contributed by atoms with Crippen LogP contribution in [-0.4, -0.2) is 65.6 Å². The number of nitrogens with two attached hydrogens (primary N) is 2. The Morgan fingerprint density at radius 2 is 1.37 bits per heavy atom. The quantitative estimate of drug-likeness (QED) is 0.108. The zero-order valence-electron chi connectivity index (χ0n) is 21.5. The molecule has 0 aliphatic heterocycles. The molecule has 0 aromatic heterocycles. The molecule has 0 aromatic rings. The summed E-state index contributed by atoms with van der Waals surface area (Å²) in [5, 5.41) is 32.6. The van der Waals surface area contributed by atoms with Crippen molar-refractivity contribution >= 4 is 24.1 Å². The van der Waals surface area contributed by atoms with Gasteiger partial charge in [-0.25, -0.2) is 4.79 Å². The molecule has 35 heavy (non-hydrogen) atoms. The molecule has 0 aliphatic rings. The molecule has 0 saturated heterocycles. The normalized spacial score (nSPS) is 13.3. The first kappa shape index (κ1) is 37.5. The van der Waals surface area contributed by atoms with Crippen molar-refractivity contribution < 1.29 is 56.2 Å². The second-order valence-corrected chi connectivity index (χ2v) is 9.65. The molecule has 0 fully saturated rings. The molecule has 0 saturated carbocycles. The molecule has 12 nitrogen and oxygen atoms in total. The maximum Gasteiger partial charge on any atom is 2.00 e. The Labute approximate surface area is 218 Å². The minimum Gasteiger partial charge on any atom is -0.595 e. The predicted octanol–water partition coefficient (Wildman–Crippen LogP) is -0.144. The average molecular weight is 554 g/mol. The smallest absolute Gasteiger partial charge is 0.595 e. The van der Waals surface area contributed by atoms with Crippen molar-refractivity contribution in [1.29, 1.82) is 0 Å². The van der Waals surface area contributed by atoms with E-state index in [4.69, 9.17) is 26.0 Å². The Balaban J connectivity index is -0.000000569. The van der Waals surface area contributed by atoms with E-state index in [1.54, 1.807) is 41.5 Å². The number of unbranched alkanes of at least 4 members (excludes halogenated alkanes) is 2. The number of aliphatic carboxylic acids is 2. The van der Waals surface area contributed by atoms with Crippen molar-refractivity contribution in [2.75, 3.05) is 13.1 Å². The summed E-state index contributed by atoms with van der Waals surface area (Å²) in [5.74, 6) is -2.25. The second-order valence-electron chi connectivity index (χ2n) is 9.65. The van der Waals surface area contributed by atoms with Crippen molar-refractivity contribution in [1.82, 2.24) is 5.32 Å². The number of rotatable bonds is 12. The van der Waals surface area contributed by atoms with Crippen LogP contribution in [0, 0.1) is 0 Å². The van der Waals surface area contributed by atoms with Gasteiger partial charge in [-0.2, -0.15) is 0 Å². The number of hydrogen-bond acceptors (Lipinski definition) is 10. The van der Waals surface area contributed by atoms with E-state index in [1.165, 1.54) is 0 Å². The molecular weight excluding hydrogens is 512 g/mol. The first-order valence-electron chi connectivity index (χ1n) is 11.3. The van der Waals surface area contributed by atoms with Crippen LogP contribution in [0.4, 0.5) is 4.79 Å². The van der Waals surface area contributed by atoms with Crippen LogP contribution in [0.1, 0.15) is 80.1 Å². The number of carbonyl (C=O) groups excluding carboxylic acids is 2. The van der Waals surface area contributed by atoms with Gasteiger partial charge in [0, 0.05) is 24.7 Å². The maximum atomic E-state index is 11.2. The van der Waals surface area contributed by atoms with Gasteiger partial charge in [-0.3, -0.25) is 9.79 Å². The van der Waals surface area contributed by atoms with E-state index in [0.29, 0.717) is 51.6 Å². The zero-order valence-corrected chi connectivity index (χ0v) is 22.5. The summed E-state index contributed by atoms with van der Waals surface area (Å²) in [7, 11) is 0. The van der Waals surface area contributed by atoms with Crippen molar-refractivity contribution in [3.8, 4) is 0 Å². The predicted molar refractivity (Wildman–Crippen MR) is 124 cm³/mol. The van der Waals surface area contributed by atoms with Crippen LogP contribution in [0.15, 0.2) is 4.99 Å². The number of ether oxygens (including phenoxy) is 2. The van der Waals surface area contributed by atoms with Crippen LogP contribution < -0.4 is 27.0 Å². The van der Waals surface area contributed by atoms with E-state index in [2.05, 4.69) is 10.3 Å². The minimum absolute atomic E-state index is 0. The van der Waals surface area contributed by atoms with Gasteiger partial charge in [0.15, 0.2) is 0 Å². The number of hydrogen-bond donors (Lipinski definition) is 4. The number of nitrogens with zero attached hydrogens (tertiary/aromatic N) is 1. The molecule has 0 aromatic carbocycles. The van der Waals surface area contributed by atoms with Gasteiger partial charge in [0.25, 0.3) is 0 Å². The van der Waals surface area contributed by atoms with Gasteiger partial charge in [-0.1, -0.05) is 20.8 Å². The van der Waals surface area contributed by atoms with Gasteiger partial charge in [0.05, 0.1) is 5.97 Å². The summed E-state index contributed by atoms with van der Waals surface area (Å²) in [6, 6.07) is -1.77. The molecule has 13 heteroatoms. The summed E-state index contributed by atoms with van der Waals surface area (Å²) >= 11 is 0. The van der Waals surface area contributed by atoms with Crippen molar-refractivity contribution in [2.45, 2.75) is 103 Å². The third kappa shape index (κ3) is 28.0. The third-order valence-electron chi connectivity index (χ3n) is 3.79. The number of carboxylic acid groups (broad SMARTS) is 2. The number of aliphatic imine (C=N–C) groups is 1. The Bertz CT molecular complexity index is 648. The summed E-state index contributed by atoms with van der Waals surface area (Å²) in [5.41, 5.74) is 9.54. The molecule has 0 heterocycles. The molecular formula is C22H42CuN4O8. The van der Waals surface area contributed by atoms with Crippen LogP contribution >= 0.6 is 0 Å². The SMILES string of the molecule is CC(C)(C)OC(=O)NCCCC[C@H](N)C(=O)O.CC(C)(C)OC([O-])=NCCCC[C@H](N)C(=O)[O-].[Cu+2]. The molecule has 6 N–H and O–H groups in total. The summed E-state index contributed by atoms with van der Waals surface area (Å²) < 4.78 is 10.0. The van der Waals surface area contributed by atoms with Gasteiger partial charge in [0.1, 0.15) is 17.7 Å². The number of carbonyl (C=O) groups is 3. The standard InChI is InChI=1S/2C11H22N2O4.Cu/c2*1-11(2,3)17-10(16)13-7-5-4-6-8(12)9(14)15;/h2*8H,4-7,12H2,1-3H3,(H,13,16)(H,14,15);/q;;+2/p-2/t2*8-;/m00./s1. The Morgan fingerprint density at radius 3 is 1.83 bits per heavy atom. The van der Waals surface area contributed by atoms with Crippen LogP contribution in [0.5, 0.6) is 0 Å². The summed E-state index contributed by atoms with van der Waals surface area (Å²) in [6.45, 7) is 11.4. The maximum absolute atomic E-state index is 11.2. The summed E-state index contributed by atoms with van der Waals surface area (Å²) in [6.07, 6.45) is 2.20. The molecule has 1 radical (unpaired) electrons. The van der Waals surface area contributed by atoms with Crippen LogP contribution in [-0.2, 0) is 36.1 Å². The van der Waals surface area contributed by atoms with Gasteiger partial charge >= 0.3 is 29.1 Å². The largest absolute Gasteiger partial charge is 2.00 e. The number of alkyl carbamates (subject to hydrolysis) is 1. The van der Waals surface area contributed by atoms with E-state index >= 15 is 0 Å². The molecule has 0 aliphatic carbocycles. The van der Waals surface area contributed by atoms with Crippen molar-refractivity contribution in [3.05, 3.63) is 0 Å². The van der Waals surface area contributed by atoms with Gasteiger partial charge in [-0.05, 0) is 59.3 Å². The fraction of sp³-hybridized carbons (Fsp3) is 0.818. The zero-order chi connectivity index (χ0) is 26.9. The van der Waals surface area contributed by atoms with Crippen LogP contribution in [0.3, 0.4) is 0 Å². The molecule has 0 spiro atoms. The number of nitrogens with one attached hydrogen (secondary N) is 1.